The molecule has 4 nitrogen and oxygen atoms in total. The number of carbonyl (C=O) groups is 2. The minimum Gasteiger partial charge on any atom is -0.339 e. The first-order valence-electron chi connectivity index (χ1n) is 8.87. The van der Waals surface area contributed by atoms with Gasteiger partial charge in [0.2, 0.25) is 5.91 Å². The van der Waals surface area contributed by atoms with Crippen molar-refractivity contribution < 1.29 is 9.59 Å². The van der Waals surface area contributed by atoms with E-state index in [4.69, 9.17) is 11.6 Å². The summed E-state index contributed by atoms with van der Waals surface area (Å²) in [6.45, 7) is 5.07. The molecule has 0 radical (unpaired) electrons. The Bertz CT molecular complexity index is 827. The lowest BCUT2D eigenvalue weighted by Crippen LogP contribution is -2.41. The molecule has 1 N–H and O–H groups in total. The number of nitrogens with zero attached hydrogens (tertiary/aromatic N) is 1. The molecule has 1 heterocycles. The Balaban J connectivity index is 1.59. The van der Waals surface area contributed by atoms with Gasteiger partial charge in [-0.3, -0.25) is 9.59 Å². The zero-order chi connectivity index (χ0) is 18.7. The van der Waals surface area contributed by atoms with E-state index in [0.717, 1.165) is 22.4 Å². The zero-order valence-corrected chi connectivity index (χ0v) is 15.8. The van der Waals surface area contributed by atoms with E-state index < -0.39 is 0 Å². The Kier molecular flexibility index (Phi) is 5.62. The molecule has 0 bridgehead atoms. The Morgan fingerprint density at radius 2 is 1.73 bits per heavy atom. The molecule has 0 saturated carbocycles. The molecule has 1 aliphatic heterocycles. The highest BCUT2D eigenvalue weighted by Crippen LogP contribution is 2.24. The molecule has 3 rings (SSSR count). The van der Waals surface area contributed by atoms with Crippen molar-refractivity contribution in [2.24, 2.45) is 5.92 Å². The molecule has 0 unspecified atom stereocenters. The number of hydrogen-bond donors (Lipinski definition) is 1. The summed E-state index contributed by atoms with van der Waals surface area (Å²) in [5.41, 5.74) is 3.46. The lowest BCUT2D eigenvalue weighted by molar-refractivity contribution is -0.121. The summed E-state index contributed by atoms with van der Waals surface area (Å²) in [4.78, 5) is 27.1. The van der Waals surface area contributed by atoms with Gasteiger partial charge in [-0.25, -0.2) is 0 Å². The van der Waals surface area contributed by atoms with E-state index >= 15 is 0 Å². The van der Waals surface area contributed by atoms with Gasteiger partial charge in [0.1, 0.15) is 0 Å². The van der Waals surface area contributed by atoms with Crippen LogP contribution in [0.3, 0.4) is 0 Å². The van der Waals surface area contributed by atoms with E-state index in [0.29, 0.717) is 31.0 Å². The molecule has 1 fully saturated rings. The number of aryl methyl sites for hydroxylation is 2. The van der Waals surface area contributed by atoms with Gasteiger partial charge in [0.25, 0.3) is 5.91 Å². The molecule has 136 valence electrons. The van der Waals surface area contributed by atoms with Gasteiger partial charge in [0.15, 0.2) is 0 Å². The number of piperidine rings is 1. The SMILES string of the molecule is Cc1cc(Cl)ccc1NC(=O)C1CCN(C(=O)c2ccccc2C)CC1. The average molecular weight is 371 g/mol. The first-order valence-corrected chi connectivity index (χ1v) is 9.25. The minimum atomic E-state index is -0.0778. The summed E-state index contributed by atoms with van der Waals surface area (Å²) < 4.78 is 0. The van der Waals surface area contributed by atoms with Crippen LogP contribution in [-0.2, 0) is 4.79 Å². The molecule has 2 aromatic rings. The molecule has 1 aliphatic rings. The largest absolute Gasteiger partial charge is 0.339 e. The highest BCUT2D eigenvalue weighted by atomic mass is 35.5. The van der Waals surface area contributed by atoms with Crippen LogP contribution in [0.2, 0.25) is 5.02 Å². The van der Waals surface area contributed by atoms with Crippen molar-refractivity contribution in [3.05, 3.63) is 64.2 Å². The highest BCUT2D eigenvalue weighted by molar-refractivity contribution is 6.30. The molecule has 0 atom stereocenters. The van der Waals surface area contributed by atoms with Crippen LogP contribution in [0.4, 0.5) is 5.69 Å². The number of carbonyl (C=O) groups excluding carboxylic acids is 2. The molecule has 2 aromatic carbocycles. The summed E-state index contributed by atoms with van der Waals surface area (Å²) in [6.07, 6.45) is 1.35. The van der Waals surface area contributed by atoms with E-state index in [1.54, 1.807) is 6.07 Å². The van der Waals surface area contributed by atoms with Crippen molar-refractivity contribution in [2.75, 3.05) is 18.4 Å². The first-order chi connectivity index (χ1) is 12.5. The molecule has 5 heteroatoms. The van der Waals surface area contributed by atoms with Crippen LogP contribution < -0.4 is 5.32 Å². The molecule has 0 spiro atoms. The van der Waals surface area contributed by atoms with Crippen LogP contribution in [0.1, 0.15) is 34.3 Å². The quantitative estimate of drug-likeness (QED) is 0.867. The predicted octanol–water partition coefficient (Wildman–Crippen LogP) is 4.45. The third-order valence-corrected chi connectivity index (χ3v) is 5.21. The lowest BCUT2D eigenvalue weighted by atomic mass is 9.94. The lowest BCUT2D eigenvalue weighted by Gasteiger charge is -2.31. The number of nitrogens with one attached hydrogen (secondary N) is 1. The Hall–Kier alpha value is -2.33. The number of benzene rings is 2. The van der Waals surface area contributed by atoms with Gasteiger partial charge in [-0.05, 0) is 62.1 Å². The zero-order valence-electron chi connectivity index (χ0n) is 15.1. The summed E-state index contributed by atoms with van der Waals surface area (Å²) in [5, 5.41) is 3.65. The maximum atomic E-state index is 12.7. The molecule has 2 amide bonds. The van der Waals surface area contributed by atoms with E-state index in [-0.39, 0.29) is 17.7 Å². The van der Waals surface area contributed by atoms with Crippen molar-refractivity contribution in [1.29, 1.82) is 0 Å². The second-order valence-corrected chi connectivity index (χ2v) is 7.27. The second-order valence-electron chi connectivity index (χ2n) is 6.83. The number of likely N-dealkylation sites (tertiary alicyclic amines) is 1. The van der Waals surface area contributed by atoms with E-state index in [1.165, 1.54) is 0 Å². The van der Waals surface area contributed by atoms with Gasteiger partial charge in [-0.2, -0.15) is 0 Å². The summed E-state index contributed by atoms with van der Waals surface area (Å²) >= 11 is 5.96. The van der Waals surface area contributed by atoms with Crippen molar-refractivity contribution in [3.8, 4) is 0 Å². The smallest absolute Gasteiger partial charge is 0.254 e. The number of rotatable bonds is 3. The van der Waals surface area contributed by atoms with Gasteiger partial charge < -0.3 is 10.2 Å². The molecule has 1 saturated heterocycles. The summed E-state index contributed by atoms with van der Waals surface area (Å²) in [7, 11) is 0. The monoisotopic (exact) mass is 370 g/mol. The molecule has 26 heavy (non-hydrogen) atoms. The second kappa shape index (κ2) is 7.92. The fraction of sp³-hybridized carbons (Fsp3) is 0.333. The van der Waals surface area contributed by atoms with E-state index in [9.17, 15) is 9.59 Å². The van der Waals surface area contributed by atoms with Crippen LogP contribution in [0, 0.1) is 19.8 Å². The summed E-state index contributed by atoms with van der Waals surface area (Å²) in [6, 6.07) is 13.1. The van der Waals surface area contributed by atoms with Gasteiger partial charge in [0.05, 0.1) is 0 Å². The fourth-order valence-corrected chi connectivity index (χ4v) is 3.56. The predicted molar refractivity (Wildman–Crippen MR) is 105 cm³/mol. The Labute approximate surface area is 159 Å². The van der Waals surface area contributed by atoms with Gasteiger partial charge >= 0.3 is 0 Å². The van der Waals surface area contributed by atoms with Crippen molar-refractivity contribution >= 4 is 29.1 Å². The van der Waals surface area contributed by atoms with Crippen LogP contribution in [0.15, 0.2) is 42.5 Å². The normalized spacial score (nSPS) is 15.0. The van der Waals surface area contributed by atoms with Crippen LogP contribution >= 0.6 is 11.6 Å². The van der Waals surface area contributed by atoms with Crippen LogP contribution in [0.25, 0.3) is 0 Å². The first kappa shape index (κ1) is 18.5. The standard InChI is InChI=1S/C21H23ClN2O2/c1-14-5-3-4-6-18(14)21(26)24-11-9-16(10-12-24)20(25)23-19-8-7-17(22)13-15(19)2/h3-8,13,16H,9-12H2,1-2H3,(H,23,25). The number of anilines is 1. The topological polar surface area (TPSA) is 49.4 Å². The summed E-state index contributed by atoms with van der Waals surface area (Å²) in [5.74, 6) is -0.0140. The Morgan fingerprint density at radius 1 is 1.04 bits per heavy atom. The fourth-order valence-electron chi connectivity index (χ4n) is 3.33. The maximum absolute atomic E-state index is 12.7. The van der Waals surface area contributed by atoms with Crippen molar-refractivity contribution in [3.63, 3.8) is 0 Å². The molecule has 0 aliphatic carbocycles. The van der Waals surface area contributed by atoms with Crippen LogP contribution in [0.5, 0.6) is 0 Å². The van der Waals surface area contributed by atoms with Crippen LogP contribution in [-0.4, -0.2) is 29.8 Å². The van der Waals surface area contributed by atoms with E-state index in [1.807, 2.05) is 55.1 Å². The highest BCUT2D eigenvalue weighted by Gasteiger charge is 2.28. The van der Waals surface area contributed by atoms with Gasteiger partial charge in [0, 0.05) is 35.3 Å². The maximum Gasteiger partial charge on any atom is 0.254 e. The van der Waals surface area contributed by atoms with E-state index in [2.05, 4.69) is 5.32 Å². The number of hydrogen-bond acceptors (Lipinski definition) is 2. The molecule has 0 aromatic heterocycles. The third-order valence-electron chi connectivity index (χ3n) is 4.97. The number of halogens is 1. The molecular weight excluding hydrogens is 348 g/mol. The Morgan fingerprint density at radius 3 is 2.38 bits per heavy atom. The van der Waals surface area contributed by atoms with Gasteiger partial charge in [-0.1, -0.05) is 29.8 Å². The van der Waals surface area contributed by atoms with Gasteiger partial charge in [-0.15, -0.1) is 0 Å². The van der Waals surface area contributed by atoms with Crippen molar-refractivity contribution in [1.82, 2.24) is 4.90 Å². The average Bonchev–Trinajstić information content (AvgIpc) is 2.64. The minimum absolute atomic E-state index is 0.0124. The van der Waals surface area contributed by atoms with Crippen molar-refractivity contribution in [2.45, 2.75) is 26.7 Å². The molecular formula is C21H23ClN2O2. The third kappa shape index (κ3) is 4.07. The number of amides is 2.